The van der Waals surface area contributed by atoms with E-state index in [0.717, 1.165) is 37.4 Å². The second-order valence-corrected chi connectivity index (χ2v) is 13.5. The number of nitrogens with one attached hydrogen (secondary N) is 1. The fraction of sp³-hybridized carbons (Fsp3) is 0.432. The number of anilines is 2. The molecule has 46 heavy (non-hydrogen) atoms. The van der Waals surface area contributed by atoms with E-state index in [1.165, 1.54) is 64.0 Å². The van der Waals surface area contributed by atoms with Gasteiger partial charge in [-0.05, 0) is 110 Å². The zero-order valence-corrected chi connectivity index (χ0v) is 28.4. The van der Waals surface area contributed by atoms with Gasteiger partial charge in [0.25, 0.3) is 5.56 Å². The summed E-state index contributed by atoms with van der Waals surface area (Å²) < 4.78 is 15.5. The van der Waals surface area contributed by atoms with Crippen molar-refractivity contribution in [3.8, 4) is 11.1 Å². The summed E-state index contributed by atoms with van der Waals surface area (Å²) in [6.07, 6.45) is 10.7. The van der Waals surface area contributed by atoms with E-state index in [4.69, 9.17) is 0 Å². The number of ketones is 1. The van der Waals surface area contributed by atoms with Gasteiger partial charge in [-0.25, -0.2) is 9.37 Å². The molecule has 1 aliphatic heterocycles. The third-order valence-electron chi connectivity index (χ3n) is 9.12. The molecular weight excluding hydrogens is 599 g/mol. The Labute approximate surface area is 275 Å². The molecule has 0 spiro atoms. The number of carbonyl (C=O) groups is 1. The normalized spacial score (nSPS) is 14.7. The average Bonchev–Trinajstić information content (AvgIpc) is 3.39. The number of carbonyl (C=O) groups excluding carboxylic acids is 1. The van der Waals surface area contributed by atoms with E-state index in [1.807, 2.05) is 18.3 Å². The Balaban J connectivity index is 0.000000232. The Bertz CT molecular complexity index is 1760. The van der Waals surface area contributed by atoms with E-state index in [2.05, 4.69) is 29.0 Å². The number of pyridine rings is 2. The fourth-order valence-electron chi connectivity index (χ4n) is 6.52. The molecule has 4 heterocycles. The number of Topliss-reactive ketones (excluding diaryl/α,β-unsaturated/α-hetero) is 1. The monoisotopic (exact) mass is 644 g/mol. The highest BCUT2D eigenvalue weighted by molar-refractivity contribution is 7.14. The second kappa shape index (κ2) is 14.8. The molecule has 1 saturated heterocycles. The molecule has 0 saturated carbocycles. The molecule has 1 fully saturated rings. The number of likely N-dealkylation sites (tertiary alicyclic amines) is 1. The number of fused-ring (bicyclic) bond motifs is 1. The highest BCUT2D eigenvalue weighted by Gasteiger charge is 2.27. The molecule has 9 heteroatoms. The van der Waals surface area contributed by atoms with Gasteiger partial charge in [0.05, 0.1) is 11.5 Å². The average molecular weight is 645 g/mol. The van der Waals surface area contributed by atoms with Gasteiger partial charge in [-0.3, -0.25) is 9.59 Å². The van der Waals surface area contributed by atoms with Gasteiger partial charge in [0.1, 0.15) is 17.3 Å². The fourth-order valence-corrected chi connectivity index (χ4v) is 7.85. The molecule has 6 rings (SSSR count). The Morgan fingerprint density at radius 2 is 1.89 bits per heavy atom. The predicted octanol–water partition coefficient (Wildman–Crippen LogP) is 7.33. The summed E-state index contributed by atoms with van der Waals surface area (Å²) in [6.45, 7) is 10.8. The molecule has 0 unspecified atom stereocenters. The van der Waals surface area contributed by atoms with Crippen LogP contribution in [0.25, 0.3) is 11.1 Å². The van der Waals surface area contributed by atoms with Crippen molar-refractivity contribution in [3.63, 3.8) is 0 Å². The molecule has 0 radical (unpaired) electrons. The van der Waals surface area contributed by atoms with Crippen molar-refractivity contribution in [2.75, 3.05) is 25.0 Å². The highest BCUT2D eigenvalue weighted by Crippen LogP contribution is 2.35. The maximum absolute atomic E-state index is 14.1. The van der Waals surface area contributed by atoms with Crippen molar-refractivity contribution in [1.29, 1.82) is 0 Å². The molecule has 1 aromatic carbocycles. The zero-order valence-electron chi connectivity index (χ0n) is 27.6. The van der Waals surface area contributed by atoms with Crippen LogP contribution in [-0.2, 0) is 32.9 Å². The van der Waals surface area contributed by atoms with Gasteiger partial charge in [0, 0.05) is 48.9 Å². The number of rotatable bonds is 9. The second-order valence-electron chi connectivity index (χ2n) is 12.4. The van der Waals surface area contributed by atoms with Crippen molar-refractivity contribution in [2.45, 2.75) is 78.7 Å². The van der Waals surface area contributed by atoms with Crippen LogP contribution in [-0.4, -0.2) is 45.0 Å². The number of aliphatic hydroxyl groups excluding tert-OH is 1. The van der Waals surface area contributed by atoms with Gasteiger partial charge in [0.15, 0.2) is 5.78 Å². The number of thiophene rings is 1. The van der Waals surface area contributed by atoms with Crippen LogP contribution in [0.5, 0.6) is 0 Å². The Morgan fingerprint density at radius 1 is 1.13 bits per heavy atom. The molecule has 7 nitrogen and oxygen atoms in total. The lowest BCUT2D eigenvalue weighted by Gasteiger charge is -2.38. The van der Waals surface area contributed by atoms with Crippen LogP contribution in [0, 0.1) is 12.7 Å². The highest BCUT2D eigenvalue weighted by atomic mass is 32.1. The third kappa shape index (κ3) is 7.32. The third-order valence-corrected chi connectivity index (χ3v) is 10.6. The van der Waals surface area contributed by atoms with Crippen LogP contribution in [0.15, 0.2) is 47.5 Å². The van der Waals surface area contributed by atoms with Crippen molar-refractivity contribution in [2.24, 2.45) is 7.05 Å². The zero-order chi connectivity index (χ0) is 33.0. The molecule has 4 aromatic rings. The minimum atomic E-state index is -0.386. The molecule has 244 valence electrons. The van der Waals surface area contributed by atoms with Crippen LogP contribution < -0.4 is 10.9 Å². The summed E-state index contributed by atoms with van der Waals surface area (Å²) in [5, 5.41) is 12.9. The minimum absolute atomic E-state index is 0.216. The maximum atomic E-state index is 14.1. The van der Waals surface area contributed by atoms with Crippen molar-refractivity contribution >= 4 is 28.6 Å². The Kier molecular flexibility index (Phi) is 10.9. The first kappa shape index (κ1) is 33.7. The number of hydrogen-bond acceptors (Lipinski definition) is 7. The number of benzene rings is 1. The molecule has 3 aromatic heterocycles. The molecule has 0 bridgehead atoms. The molecule has 0 amide bonds. The molecule has 2 N–H and O–H groups in total. The van der Waals surface area contributed by atoms with Crippen LogP contribution in [0.4, 0.5) is 15.9 Å². The maximum Gasteiger partial charge on any atom is 0.274 e. The van der Waals surface area contributed by atoms with Gasteiger partial charge < -0.3 is 19.9 Å². The van der Waals surface area contributed by atoms with Crippen LogP contribution in [0.3, 0.4) is 0 Å². The smallest absolute Gasteiger partial charge is 0.274 e. The quantitative estimate of drug-likeness (QED) is 0.186. The summed E-state index contributed by atoms with van der Waals surface area (Å²) in [4.78, 5) is 33.7. The van der Waals surface area contributed by atoms with E-state index < -0.39 is 0 Å². The summed E-state index contributed by atoms with van der Waals surface area (Å²) in [5.74, 6) is 0.953. The first-order chi connectivity index (χ1) is 22.1. The summed E-state index contributed by atoms with van der Waals surface area (Å²) in [6, 6.07) is 8.37. The number of aryl methyl sites for hydroxylation is 3. The van der Waals surface area contributed by atoms with Crippen molar-refractivity contribution in [1.82, 2.24) is 14.5 Å². The molecule has 2 aliphatic rings. The topological polar surface area (TPSA) is 87.5 Å². The van der Waals surface area contributed by atoms with Crippen LogP contribution in [0.1, 0.15) is 88.3 Å². The summed E-state index contributed by atoms with van der Waals surface area (Å²) >= 11 is 1.76. The van der Waals surface area contributed by atoms with Crippen LogP contribution in [0.2, 0.25) is 0 Å². The van der Waals surface area contributed by atoms with Gasteiger partial charge in [0.2, 0.25) is 0 Å². The van der Waals surface area contributed by atoms with Crippen LogP contribution >= 0.6 is 11.3 Å². The van der Waals surface area contributed by atoms with E-state index in [1.54, 1.807) is 44.5 Å². The van der Waals surface area contributed by atoms with E-state index >= 15 is 0 Å². The minimum Gasteiger partial charge on any atom is -0.392 e. The SMILES string of the molecule is CCCc1c(C(C)=O)sc2c1CCCC2.CCN1CC(c2ccc(Nc3cc(-c4cc(F)cc(C)c4CO)cn(C)c3=O)nc2)C1. The lowest BCUT2D eigenvalue weighted by molar-refractivity contribution is 0.102. The molecule has 0 atom stereocenters. The van der Waals surface area contributed by atoms with E-state index in [9.17, 15) is 19.1 Å². The Morgan fingerprint density at radius 3 is 2.54 bits per heavy atom. The predicted molar refractivity (Wildman–Crippen MR) is 185 cm³/mol. The molecule has 1 aliphatic carbocycles. The number of hydrogen-bond donors (Lipinski definition) is 2. The summed E-state index contributed by atoms with van der Waals surface area (Å²) in [7, 11) is 1.65. The van der Waals surface area contributed by atoms with E-state index in [-0.39, 0.29) is 23.8 Å². The lowest BCUT2D eigenvalue weighted by Crippen LogP contribution is -2.44. The van der Waals surface area contributed by atoms with Crippen molar-refractivity contribution < 1.29 is 14.3 Å². The standard InChI is InChI=1S/C24H27FN4O2.C13H18OS/c1-4-29-12-18(13-29)16-5-6-23(26-10-16)27-22-8-17(11-28(3)24(22)31)20-9-19(25)7-15(2)21(20)14-30;1-3-6-11-10-7-4-5-8-12(10)15-13(11)9(2)14/h5-11,18,30H,4,12-14H2,1-3H3,(H,26,27);3-8H2,1-2H3. The van der Waals surface area contributed by atoms with Crippen molar-refractivity contribution in [3.05, 3.63) is 96.5 Å². The molecular formula is C37H45FN4O3S. The number of nitrogens with zero attached hydrogens (tertiary/aromatic N) is 3. The first-order valence-electron chi connectivity index (χ1n) is 16.3. The number of likely N-dealkylation sites (N-methyl/N-ethyl adjacent to an activating group) is 1. The number of halogens is 1. The van der Waals surface area contributed by atoms with Gasteiger partial charge in [-0.1, -0.05) is 26.3 Å². The number of aliphatic hydroxyl groups is 1. The first-order valence-corrected chi connectivity index (χ1v) is 17.2. The Hall–Kier alpha value is -3.66. The largest absolute Gasteiger partial charge is 0.392 e. The number of aromatic nitrogens is 2. The van der Waals surface area contributed by atoms with Gasteiger partial charge in [-0.2, -0.15) is 0 Å². The van der Waals surface area contributed by atoms with E-state index in [0.29, 0.717) is 39.7 Å². The van der Waals surface area contributed by atoms with Gasteiger partial charge in [-0.15, -0.1) is 11.3 Å². The van der Waals surface area contributed by atoms with Gasteiger partial charge >= 0.3 is 0 Å². The lowest BCUT2D eigenvalue weighted by atomic mass is 9.92. The summed E-state index contributed by atoms with van der Waals surface area (Å²) in [5.41, 5.74) is 6.72.